The minimum atomic E-state index is -2.26. The quantitative estimate of drug-likeness (QED) is 0.785. The summed E-state index contributed by atoms with van der Waals surface area (Å²) in [5, 5.41) is 0. The van der Waals surface area contributed by atoms with Crippen molar-refractivity contribution in [2.24, 2.45) is 0 Å². The summed E-state index contributed by atoms with van der Waals surface area (Å²) in [5.41, 5.74) is 2.28. The van der Waals surface area contributed by atoms with Gasteiger partial charge in [0.2, 0.25) is 0 Å². The Morgan fingerprint density at radius 2 is 1.29 bits per heavy atom. The summed E-state index contributed by atoms with van der Waals surface area (Å²) in [6.45, 7) is -0.373. The van der Waals surface area contributed by atoms with Crippen molar-refractivity contribution >= 4 is 29.7 Å². The zero-order chi connectivity index (χ0) is 14.7. The molecule has 5 heteroatoms. The van der Waals surface area contributed by atoms with Crippen molar-refractivity contribution in [2.45, 2.75) is 6.42 Å². The van der Waals surface area contributed by atoms with Crippen LogP contribution < -0.4 is 9.34 Å². The first-order valence-corrected chi connectivity index (χ1v) is 9.70. The molecule has 1 saturated heterocycles. The maximum Gasteiger partial charge on any atom is 0.253 e. The molecule has 1 aliphatic rings. The number of rotatable bonds is 3. The summed E-state index contributed by atoms with van der Waals surface area (Å²) in [4.78, 5) is 0. The lowest BCUT2D eigenvalue weighted by Crippen LogP contribution is -2.39. The highest BCUT2D eigenvalue weighted by Crippen LogP contribution is 2.59. The molecule has 0 saturated carbocycles. The SMILES string of the molecule is COP1(=S)N(c2ccccc2)CCCN1c1ccccc1. The first kappa shape index (κ1) is 14.6. The number of hydrogen-bond acceptors (Lipinski definition) is 2. The third kappa shape index (κ3) is 2.71. The van der Waals surface area contributed by atoms with Crippen LogP contribution in [0.4, 0.5) is 11.4 Å². The van der Waals surface area contributed by atoms with Crippen LogP contribution in [0.1, 0.15) is 6.42 Å². The Morgan fingerprint density at radius 3 is 1.67 bits per heavy atom. The van der Waals surface area contributed by atoms with E-state index in [0.717, 1.165) is 30.9 Å². The number of benzene rings is 2. The van der Waals surface area contributed by atoms with Crippen LogP contribution in [0.5, 0.6) is 0 Å². The van der Waals surface area contributed by atoms with Crippen LogP contribution in [0, 0.1) is 0 Å². The molecule has 3 nitrogen and oxygen atoms in total. The van der Waals surface area contributed by atoms with Gasteiger partial charge < -0.3 is 13.9 Å². The van der Waals surface area contributed by atoms with Crippen LogP contribution in [-0.4, -0.2) is 20.2 Å². The summed E-state index contributed by atoms with van der Waals surface area (Å²) in [6, 6.07) is 20.7. The van der Waals surface area contributed by atoms with E-state index < -0.39 is 6.57 Å². The Labute approximate surface area is 131 Å². The predicted molar refractivity (Wildman–Crippen MR) is 93.5 cm³/mol. The number of nitrogens with zero attached hydrogens (tertiary/aromatic N) is 2. The van der Waals surface area contributed by atoms with Crippen LogP contribution in [0.25, 0.3) is 0 Å². The smallest absolute Gasteiger partial charge is 0.253 e. The second kappa shape index (κ2) is 6.18. The molecule has 0 unspecified atom stereocenters. The molecule has 2 aromatic rings. The molecule has 0 bridgehead atoms. The average Bonchev–Trinajstić information content (AvgIpc) is 2.56. The van der Waals surface area contributed by atoms with Crippen LogP contribution in [0.15, 0.2) is 60.7 Å². The van der Waals surface area contributed by atoms with Crippen molar-refractivity contribution in [3.8, 4) is 0 Å². The van der Waals surface area contributed by atoms with Gasteiger partial charge in [-0.1, -0.05) is 36.4 Å². The van der Waals surface area contributed by atoms with E-state index in [1.54, 1.807) is 7.11 Å². The summed E-state index contributed by atoms with van der Waals surface area (Å²) < 4.78 is 10.4. The van der Waals surface area contributed by atoms with Gasteiger partial charge in [-0.05, 0) is 42.5 Å². The van der Waals surface area contributed by atoms with Crippen molar-refractivity contribution in [3.05, 3.63) is 60.7 Å². The molecule has 21 heavy (non-hydrogen) atoms. The highest BCUT2D eigenvalue weighted by molar-refractivity contribution is 8.13. The lowest BCUT2D eigenvalue weighted by molar-refractivity contribution is 0.446. The van der Waals surface area contributed by atoms with E-state index in [9.17, 15) is 0 Å². The van der Waals surface area contributed by atoms with Crippen molar-refractivity contribution < 1.29 is 4.52 Å². The fourth-order valence-electron chi connectivity index (χ4n) is 2.70. The van der Waals surface area contributed by atoms with Gasteiger partial charge in [-0.3, -0.25) is 0 Å². The number of hydrogen-bond donors (Lipinski definition) is 0. The van der Waals surface area contributed by atoms with Crippen molar-refractivity contribution in [1.82, 2.24) is 0 Å². The van der Waals surface area contributed by atoms with Crippen molar-refractivity contribution in [1.29, 1.82) is 0 Å². The minimum absolute atomic E-state index is 0.943. The molecular weight excluding hydrogens is 299 g/mol. The Morgan fingerprint density at radius 1 is 0.857 bits per heavy atom. The van der Waals surface area contributed by atoms with Gasteiger partial charge in [0.15, 0.2) is 0 Å². The maximum absolute atomic E-state index is 6.00. The summed E-state index contributed by atoms with van der Waals surface area (Å²) in [5.74, 6) is 0. The van der Waals surface area contributed by atoms with Gasteiger partial charge in [-0.2, -0.15) is 0 Å². The van der Waals surface area contributed by atoms with E-state index in [0.29, 0.717) is 0 Å². The monoisotopic (exact) mass is 318 g/mol. The van der Waals surface area contributed by atoms with E-state index in [-0.39, 0.29) is 0 Å². The molecule has 1 fully saturated rings. The molecule has 0 amide bonds. The first-order chi connectivity index (χ1) is 10.3. The van der Waals surface area contributed by atoms with E-state index in [2.05, 4.69) is 33.6 Å². The number of para-hydroxylation sites is 2. The molecule has 1 heterocycles. The normalized spacial score (nSPS) is 17.8. The molecule has 0 aromatic heterocycles. The molecule has 110 valence electrons. The largest absolute Gasteiger partial charge is 0.322 e. The molecule has 0 N–H and O–H groups in total. The third-order valence-corrected chi connectivity index (χ3v) is 7.88. The summed E-state index contributed by atoms with van der Waals surface area (Å²) in [6.07, 6.45) is 1.07. The zero-order valence-corrected chi connectivity index (χ0v) is 13.8. The lowest BCUT2D eigenvalue weighted by atomic mass is 10.3. The fourth-order valence-corrected chi connectivity index (χ4v) is 6.05. The Kier molecular flexibility index (Phi) is 4.29. The van der Waals surface area contributed by atoms with E-state index >= 15 is 0 Å². The lowest BCUT2D eigenvalue weighted by Gasteiger charge is -2.47. The van der Waals surface area contributed by atoms with Gasteiger partial charge in [-0.15, -0.1) is 0 Å². The van der Waals surface area contributed by atoms with Crippen LogP contribution in [0.3, 0.4) is 0 Å². The molecular formula is C16H19N2OPS. The molecule has 1 aliphatic heterocycles. The molecule has 2 aromatic carbocycles. The topological polar surface area (TPSA) is 15.7 Å². The van der Waals surface area contributed by atoms with Gasteiger partial charge in [0, 0.05) is 31.6 Å². The second-order valence-electron chi connectivity index (χ2n) is 4.94. The van der Waals surface area contributed by atoms with Crippen molar-refractivity contribution in [3.63, 3.8) is 0 Å². The minimum Gasteiger partial charge on any atom is -0.322 e. The Hall–Kier alpha value is -1.35. The van der Waals surface area contributed by atoms with Crippen LogP contribution in [0.2, 0.25) is 0 Å². The zero-order valence-electron chi connectivity index (χ0n) is 12.1. The summed E-state index contributed by atoms with van der Waals surface area (Å²) >= 11 is 6.00. The standard InChI is InChI=1S/C16H19N2OPS/c1-19-20(21)17(15-9-4-2-5-10-15)13-8-14-18(20)16-11-6-3-7-12-16/h2-7,9-12H,8,13-14H2,1H3. The van der Waals surface area contributed by atoms with Gasteiger partial charge in [0.05, 0.1) is 0 Å². The highest BCUT2D eigenvalue weighted by Gasteiger charge is 2.36. The molecule has 0 spiro atoms. The Bertz CT molecular complexity index is 584. The average molecular weight is 318 g/mol. The molecule has 0 atom stereocenters. The number of anilines is 2. The van der Waals surface area contributed by atoms with Crippen LogP contribution in [-0.2, 0) is 16.3 Å². The van der Waals surface area contributed by atoms with Gasteiger partial charge >= 0.3 is 0 Å². The molecule has 0 aliphatic carbocycles. The van der Waals surface area contributed by atoms with Crippen molar-refractivity contribution in [2.75, 3.05) is 29.5 Å². The first-order valence-electron chi connectivity index (χ1n) is 7.07. The summed E-state index contributed by atoms with van der Waals surface area (Å²) in [7, 11) is 1.73. The molecule has 0 radical (unpaired) electrons. The van der Waals surface area contributed by atoms with E-state index in [4.69, 9.17) is 16.3 Å². The maximum atomic E-state index is 6.00. The van der Waals surface area contributed by atoms with Crippen LogP contribution >= 0.6 is 6.57 Å². The van der Waals surface area contributed by atoms with E-state index in [1.165, 1.54) is 0 Å². The van der Waals surface area contributed by atoms with Gasteiger partial charge in [0.25, 0.3) is 6.57 Å². The second-order valence-corrected chi connectivity index (χ2v) is 8.68. The predicted octanol–water partition coefficient (Wildman–Crippen LogP) is 4.27. The highest BCUT2D eigenvalue weighted by atomic mass is 32.5. The van der Waals surface area contributed by atoms with Gasteiger partial charge in [-0.25, -0.2) is 0 Å². The fraction of sp³-hybridized carbons (Fsp3) is 0.250. The third-order valence-electron chi connectivity index (χ3n) is 3.70. The van der Waals surface area contributed by atoms with E-state index in [1.807, 2.05) is 36.4 Å². The Balaban J connectivity index is 2.02. The van der Waals surface area contributed by atoms with Gasteiger partial charge in [0.1, 0.15) is 0 Å². The molecule has 3 rings (SSSR count).